The van der Waals surface area contributed by atoms with Crippen LogP contribution in [-0.4, -0.2) is 14.7 Å². The fourth-order valence-electron chi connectivity index (χ4n) is 2.08. The van der Waals surface area contributed by atoms with Crippen LogP contribution in [0.2, 0.25) is 0 Å². The van der Waals surface area contributed by atoms with Crippen molar-refractivity contribution in [1.29, 1.82) is 0 Å². The van der Waals surface area contributed by atoms with Gasteiger partial charge in [-0.15, -0.1) is 0 Å². The van der Waals surface area contributed by atoms with Gasteiger partial charge in [-0.2, -0.15) is 0 Å². The second-order valence-corrected chi connectivity index (χ2v) is 4.37. The van der Waals surface area contributed by atoms with Crippen molar-refractivity contribution in [3.8, 4) is 5.69 Å². The highest BCUT2D eigenvalue weighted by molar-refractivity contribution is 5.77. The Morgan fingerprint density at radius 1 is 1.06 bits per heavy atom. The predicted molar refractivity (Wildman–Crippen MR) is 71.7 cm³/mol. The Morgan fingerprint density at radius 3 is 2.50 bits per heavy atom. The molecule has 1 atom stereocenters. The third-order valence-corrected chi connectivity index (χ3v) is 3.11. The molecule has 0 bridgehead atoms. The smallest absolute Gasteiger partial charge is 0.100 e. The van der Waals surface area contributed by atoms with E-state index in [0.29, 0.717) is 0 Å². The van der Waals surface area contributed by atoms with Gasteiger partial charge in [-0.1, -0.05) is 24.3 Å². The summed E-state index contributed by atoms with van der Waals surface area (Å²) >= 11 is 0. The Balaban J connectivity index is 2.09. The van der Waals surface area contributed by atoms with Crippen molar-refractivity contribution in [2.45, 2.75) is 13.0 Å². The summed E-state index contributed by atoms with van der Waals surface area (Å²) in [5.74, 6) is 0. The van der Waals surface area contributed by atoms with E-state index >= 15 is 0 Å². The van der Waals surface area contributed by atoms with E-state index in [9.17, 15) is 5.11 Å². The number of nitrogens with zero attached hydrogens (tertiary/aromatic N) is 2. The quantitative estimate of drug-likeness (QED) is 0.745. The highest BCUT2D eigenvalue weighted by Crippen LogP contribution is 2.20. The first kappa shape index (κ1) is 11.0. The van der Waals surface area contributed by atoms with Gasteiger partial charge in [0.25, 0.3) is 0 Å². The molecule has 0 saturated heterocycles. The Hall–Kier alpha value is -2.13. The van der Waals surface area contributed by atoms with Crippen LogP contribution in [0.3, 0.4) is 0 Å². The third kappa shape index (κ3) is 1.79. The van der Waals surface area contributed by atoms with Crippen molar-refractivity contribution in [1.82, 2.24) is 9.55 Å². The first-order chi connectivity index (χ1) is 8.75. The zero-order valence-corrected chi connectivity index (χ0v) is 10.1. The summed E-state index contributed by atoms with van der Waals surface area (Å²) in [7, 11) is 0. The molecule has 1 heterocycles. The Kier molecular flexibility index (Phi) is 2.61. The van der Waals surface area contributed by atoms with E-state index in [1.165, 1.54) is 0 Å². The van der Waals surface area contributed by atoms with Crippen LogP contribution in [0.15, 0.2) is 54.9 Å². The average Bonchev–Trinajstić information content (AvgIpc) is 2.82. The van der Waals surface area contributed by atoms with Crippen LogP contribution in [0.25, 0.3) is 16.7 Å². The molecule has 3 heteroatoms. The van der Waals surface area contributed by atoms with Crippen LogP contribution in [0.4, 0.5) is 0 Å². The maximum Gasteiger partial charge on any atom is 0.100 e. The highest BCUT2D eigenvalue weighted by atomic mass is 16.3. The van der Waals surface area contributed by atoms with Crippen LogP contribution in [-0.2, 0) is 0 Å². The minimum absolute atomic E-state index is 0.432. The summed E-state index contributed by atoms with van der Waals surface area (Å²) in [5, 5.41) is 9.50. The summed E-state index contributed by atoms with van der Waals surface area (Å²) in [4.78, 5) is 4.37. The molecule has 0 radical (unpaired) electrons. The van der Waals surface area contributed by atoms with Crippen molar-refractivity contribution in [3.63, 3.8) is 0 Å². The number of fused-ring (bicyclic) bond motifs is 1. The lowest BCUT2D eigenvalue weighted by atomic mass is 10.1. The largest absolute Gasteiger partial charge is 0.389 e. The Morgan fingerprint density at radius 2 is 1.78 bits per heavy atom. The van der Waals surface area contributed by atoms with Crippen molar-refractivity contribution in [2.24, 2.45) is 0 Å². The van der Waals surface area contributed by atoms with Crippen LogP contribution in [0, 0.1) is 0 Å². The van der Waals surface area contributed by atoms with Crippen molar-refractivity contribution in [2.75, 3.05) is 0 Å². The van der Waals surface area contributed by atoms with Gasteiger partial charge in [-0.25, -0.2) is 4.98 Å². The standard InChI is InChI=1S/C15H14N2O/c1-11(18)12-6-8-13(9-7-12)17-10-16-14-4-2-3-5-15(14)17/h2-11,18H,1H3/t11-/m0/s1. The minimum atomic E-state index is -0.432. The molecule has 0 fully saturated rings. The summed E-state index contributed by atoms with van der Waals surface area (Å²) in [6.45, 7) is 1.77. The van der Waals surface area contributed by atoms with Crippen LogP contribution in [0.5, 0.6) is 0 Å². The molecule has 18 heavy (non-hydrogen) atoms. The lowest BCUT2D eigenvalue weighted by Gasteiger charge is -2.07. The number of aliphatic hydroxyl groups excluding tert-OH is 1. The second-order valence-electron chi connectivity index (χ2n) is 4.37. The van der Waals surface area contributed by atoms with E-state index in [0.717, 1.165) is 22.3 Å². The predicted octanol–water partition coefficient (Wildman–Crippen LogP) is 3.08. The summed E-state index contributed by atoms with van der Waals surface area (Å²) in [6.07, 6.45) is 1.39. The Labute approximate surface area is 105 Å². The minimum Gasteiger partial charge on any atom is -0.389 e. The molecule has 0 unspecified atom stereocenters. The van der Waals surface area contributed by atoms with E-state index in [-0.39, 0.29) is 0 Å². The molecule has 0 aliphatic carbocycles. The van der Waals surface area contributed by atoms with Gasteiger partial charge in [-0.3, -0.25) is 4.57 Å². The number of hydrogen-bond donors (Lipinski definition) is 1. The van der Waals surface area contributed by atoms with Gasteiger partial charge in [0.15, 0.2) is 0 Å². The SMILES string of the molecule is C[C@H](O)c1ccc(-n2cnc3ccccc32)cc1. The molecule has 3 rings (SSSR count). The summed E-state index contributed by atoms with van der Waals surface area (Å²) < 4.78 is 2.04. The number of benzene rings is 2. The van der Waals surface area contributed by atoms with E-state index in [1.807, 2.05) is 59.4 Å². The van der Waals surface area contributed by atoms with E-state index in [1.54, 1.807) is 6.92 Å². The first-order valence-electron chi connectivity index (χ1n) is 5.96. The first-order valence-corrected chi connectivity index (χ1v) is 5.96. The van der Waals surface area contributed by atoms with E-state index < -0.39 is 6.10 Å². The van der Waals surface area contributed by atoms with Crippen molar-refractivity contribution < 1.29 is 5.11 Å². The molecule has 3 nitrogen and oxygen atoms in total. The number of imidazole rings is 1. The molecule has 0 saturated carbocycles. The lowest BCUT2D eigenvalue weighted by Crippen LogP contribution is -1.94. The molecular weight excluding hydrogens is 224 g/mol. The molecule has 0 aliphatic rings. The number of para-hydroxylation sites is 2. The van der Waals surface area contributed by atoms with E-state index in [2.05, 4.69) is 4.98 Å². The van der Waals surface area contributed by atoms with Crippen LogP contribution >= 0.6 is 0 Å². The van der Waals surface area contributed by atoms with Crippen LogP contribution in [0.1, 0.15) is 18.6 Å². The lowest BCUT2D eigenvalue weighted by molar-refractivity contribution is 0.199. The maximum atomic E-state index is 9.50. The fourth-order valence-corrected chi connectivity index (χ4v) is 2.08. The monoisotopic (exact) mass is 238 g/mol. The van der Waals surface area contributed by atoms with Gasteiger partial charge < -0.3 is 5.11 Å². The highest BCUT2D eigenvalue weighted by Gasteiger charge is 2.05. The molecule has 1 N–H and O–H groups in total. The summed E-state index contributed by atoms with van der Waals surface area (Å²) in [5.41, 5.74) is 4.04. The molecule has 0 spiro atoms. The zero-order valence-electron chi connectivity index (χ0n) is 10.1. The molecule has 1 aromatic heterocycles. The topological polar surface area (TPSA) is 38.0 Å². The zero-order chi connectivity index (χ0) is 12.5. The maximum absolute atomic E-state index is 9.50. The molecule has 3 aromatic rings. The number of aliphatic hydroxyl groups is 1. The van der Waals surface area contributed by atoms with Gasteiger partial charge in [0.2, 0.25) is 0 Å². The fraction of sp³-hybridized carbons (Fsp3) is 0.133. The Bertz CT molecular complexity index is 668. The number of aromatic nitrogens is 2. The van der Waals surface area contributed by atoms with Gasteiger partial charge in [0, 0.05) is 5.69 Å². The molecule has 90 valence electrons. The molecule has 2 aromatic carbocycles. The van der Waals surface area contributed by atoms with Gasteiger partial charge in [0.1, 0.15) is 6.33 Å². The average molecular weight is 238 g/mol. The van der Waals surface area contributed by atoms with Crippen molar-refractivity contribution in [3.05, 3.63) is 60.4 Å². The normalized spacial score (nSPS) is 12.8. The van der Waals surface area contributed by atoms with Gasteiger partial charge in [-0.05, 0) is 36.8 Å². The van der Waals surface area contributed by atoms with Crippen molar-refractivity contribution >= 4 is 11.0 Å². The summed E-state index contributed by atoms with van der Waals surface area (Å²) in [6, 6.07) is 15.9. The van der Waals surface area contributed by atoms with E-state index in [4.69, 9.17) is 0 Å². The third-order valence-electron chi connectivity index (χ3n) is 3.11. The molecule has 0 aliphatic heterocycles. The second kappa shape index (κ2) is 4.27. The number of hydrogen-bond acceptors (Lipinski definition) is 2. The van der Waals surface area contributed by atoms with Gasteiger partial charge >= 0.3 is 0 Å². The van der Waals surface area contributed by atoms with Crippen LogP contribution < -0.4 is 0 Å². The van der Waals surface area contributed by atoms with Gasteiger partial charge in [0.05, 0.1) is 17.1 Å². The number of rotatable bonds is 2. The molecular formula is C15H14N2O. The molecule has 0 amide bonds.